The number of hydrogen-bond donors (Lipinski definition) is 1. The summed E-state index contributed by atoms with van der Waals surface area (Å²) >= 11 is 5.99. The van der Waals surface area contributed by atoms with Crippen molar-refractivity contribution >= 4 is 23.2 Å². The van der Waals surface area contributed by atoms with E-state index in [1.54, 1.807) is 41.7 Å². The molecular weight excluding hydrogens is 400 g/mol. The van der Waals surface area contributed by atoms with Crippen molar-refractivity contribution < 1.29 is 27.1 Å². The molecular formula is C19H11ClF4N2O2. The van der Waals surface area contributed by atoms with E-state index in [9.17, 15) is 22.4 Å². The lowest BCUT2D eigenvalue weighted by molar-refractivity contribution is 0.102. The lowest BCUT2D eigenvalue weighted by atomic mass is 10.1. The molecule has 28 heavy (non-hydrogen) atoms. The van der Waals surface area contributed by atoms with Gasteiger partial charge in [0.05, 0.1) is 5.02 Å². The molecule has 3 rings (SSSR count). The third-order valence-corrected chi connectivity index (χ3v) is 4.00. The molecule has 1 aromatic heterocycles. The number of benzene rings is 2. The standard InChI is InChI=1S/C19H11ClF4N2O2/c20-12-3-1-2-4-13(12)28-9-10-5-7-11(8-6-10)19(27)25-16-14(21)17(23)26-18(24)15(16)22/h1-8H,9H2,(H,25,26,27). The van der Waals surface area contributed by atoms with Crippen molar-refractivity contribution in [3.63, 3.8) is 0 Å². The number of aromatic nitrogens is 1. The third kappa shape index (κ3) is 4.23. The van der Waals surface area contributed by atoms with Gasteiger partial charge in [0.15, 0.2) is 0 Å². The average Bonchev–Trinajstić information content (AvgIpc) is 2.69. The van der Waals surface area contributed by atoms with Crippen molar-refractivity contribution in [1.82, 2.24) is 4.98 Å². The number of ether oxygens (including phenoxy) is 1. The number of pyridine rings is 1. The third-order valence-electron chi connectivity index (χ3n) is 3.68. The highest BCUT2D eigenvalue weighted by atomic mass is 35.5. The minimum Gasteiger partial charge on any atom is -0.487 e. The molecule has 0 aliphatic rings. The van der Waals surface area contributed by atoms with Gasteiger partial charge in [-0.1, -0.05) is 35.9 Å². The Morgan fingerprint density at radius 2 is 1.57 bits per heavy atom. The van der Waals surface area contributed by atoms with Crippen LogP contribution in [0.1, 0.15) is 15.9 Å². The Labute approximate surface area is 161 Å². The van der Waals surface area contributed by atoms with E-state index in [4.69, 9.17) is 16.3 Å². The molecule has 2 aromatic carbocycles. The molecule has 1 heterocycles. The number of para-hydroxylation sites is 1. The molecule has 0 aliphatic carbocycles. The van der Waals surface area contributed by atoms with Crippen LogP contribution in [0.5, 0.6) is 5.75 Å². The predicted molar refractivity (Wildman–Crippen MR) is 94.2 cm³/mol. The second-order valence-electron chi connectivity index (χ2n) is 5.57. The van der Waals surface area contributed by atoms with Gasteiger partial charge in [-0.15, -0.1) is 0 Å². The minimum absolute atomic E-state index is 0.0120. The van der Waals surface area contributed by atoms with Crippen molar-refractivity contribution in [3.8, 4) is 5.75 Å². The molecule has 0 saturated carbocycles. The zero-order valence-corrected chi connectivity index (χ0v) is 14.7. The van der Waals surface area contributed by atoms with E-state index in [2.05, 4.69) is 4.98 Å². The number of carbonyl (C=O) groups is 1. The molecule has 0 spiro atoms. The van der Waals surface area contributed by atoms with E-state index >= 15 is 0 Å². The molecule has 0 radical (unpaired) electrons. The Bertz CT molecular complexity index is 1000. The topological polar surface area (TPSA) is 51.2 Å². The number of nitrogens with one attached hydrogen (secondary N) is 1. The quantitative estimate of drug-likeness (QED) is 0.469. The van der Waals surface area contributed by atoms with Crippen LogP contribution >= 0.6 is 11.6 Å². The summed E-state index contributed by atoms with van der Waals surface area (Å²) in [5.74, 6) is -7.78. The molecule has 0 saturated heterocycles. The molecule has 0 bridgehead atoms. The van der Waals surface area contributed by atoms with Gasteiger partial charge in [0.2, 0.25) is 11.6 Å². The summed E-state index contributed by atoms with van der Waals surface area (Å²) in [7, 11) is 0. The number of carbonyl (C=O) groups excluding carboxylic acids is 1. The van der Waals surface area contributed by atoms with Crippen molar-refractivity contribution in [1.29, 1.82) is 0 Å². The molecule has 1 N–H and O–H groups in total. The lowest BCUT2D eigenvalue weighted by Crippen LogP contribution is -2.16. The van der Waals surface area contributed by atoms with Gasteiger partial charge in [0.25, 0.3) is 17.8 Å². The summed E-state index contributed by atoms with van der Waals surface area (Å²) < 4.78 is 59.0. The first-order chi connectivity index (χ1) is 13.4. The zero-order chi connectivity index (χ0) is 20.3. The maximum Gasteiger partial charge on any atom is 0.255 e. The number of hydrogen-bond acceptors (Lipinski definition) is 3. The number of amides is 1. The molecule has 0 aliphatic heterocycles. The molecule has 9 heteroatoms. The molecule has 144 valence electrons. The first-order valence-corrected chi connectivity index (χ1v) is 8.22. The van der Waals surface area contributed by atoms with Gasteiger partial charge in [-0.2, -0.15) is 22.5 Å². The van der Waals surface area contributed by atoms with Gasteiger partial charge in [-0.05, 0) is 29.8 Å². The fraction of sp³-hybridized carbons (Fsp3) is 0.0526. The Morgan fingerprint density at radius 3 is 2.18 bits per heavy atom. The van der Waals surface area contributed by atoms with Gasteiger partial charge in [0, 0.05) is 5.56 Å². The average molecular weight is 411 g/mol. The fourth-order valence-corrected chi connectivity index (χ4v) is 2.45. The summed E-state index contributed by atoms with van der Waals surface area (Å²) in [5, 5.41) is 2.25. The second kappa shape index (κ2) is 8.26. The van der Waals surface area contributed by atoms with E-state index in [-0.39, 0.29) is 12.2 Å². The summed E-state index contributed by atoms with van der Waals surface area (Å²) in [4.78, 5) is 14.5. The lowest BCUT2D eigenvalue weighted by Gasteiger charge is -2.10. The normalized spacial score (nSPS) is 10.6. The van der Waals surface area contributed by atoms with Crippen LogP contribution in [0.2, 0.25) is 5.02 Å². The number of anilines is 1. The smallest absolute Gasteiger partial charge is 0.255 e. The predicted octanol–water partition coefficient (Wildman–Crippen LogP) is 5.12. The van der Waals surface area contributed by atoms with Crippen LogP contribution in [0.4, 0.5) is 23.2 Å². The van der Waals surface area contributed by atoms with E-state index in [0.29, 0.717) is 16.3 Å². The highest BCUT2D eigenvalue weighted by Gasteiger charge is 2.22. The van der Waals surface area contributed by atoms with E-state index in [1.165, 1.54) is 12.1 Å². The molecule has 0 fully saturated rings. The molecule has 4 nitrogen and oxygen atoms in total. The highest BCUT2D eigenvalue weighted by molar-refractivity contribution is 6.32. The van der Waals surface area contributed by atoms with Gasteiger partial charge in [0.1, 0.15) is 18.0 Å². The van der Waals surface area contributed by atoms with Crippen LogP contribution in [0.3, 0.4) is 0 Å². The largest absolute Gasteiger partial charge is 0.487 e. The van der Waals surface area contributed by atoms with Crippen LogP contribution in [0, 0.1) is 23.5 Å². The zero-order valence-electron chi connectivity index (χ0n) is 14.0. The van der Waals surface area contributed by atoms with Crippen LogP contribution in [-0.4, -0.2) is 10.9 Å². The first kappa shape index (κ1) is 19.6. The molecule has 3 aromatic rings. The monoisotopic (exact) mass is 410 g/mol. The van der Waals surface area contributed by atoms with Crippen molar-refractivity contribution in [2.75, 3.05) is 5.32 Å². The van der Waals surface area contributed by atoms with Gasteiger partial charge < -0.3 is 10.1 Å². The minimum atomic E-state index is -1.86. The van der Waals surface area contributed by atoms with Crippen molar-refractivity contribution in [2.24, 2.45) is 0 Å². The first-order valence-electron chi connectivity index (χ1n) is 7.84. The van der Waals surface area contributed by atoms with E-state index in [0.717, 1.165) is 0 Å². The summed E-state index contributed by atoms with van der Waals surface area (Å²) in [6.07, 6.45) is 0. The maximum absolute atomic E-state index is 13.6. The van der Waals surface area contributed by atoms with Gasteiger partial charge >= 0.3 is 0 Å². The summed E-state index contributed by atoms with van der Waals surface area (Å²) in [6, 6.07) is 12.7. The Balaban J connectivity index is 1.70. The van der Waals surface area contributed by atoms with Crippen LogP contribution in [-0.2, 0) is 6.61 Å². The highest BCUT2D eigenvalue weighted by Crippen LogP contribution is 2.25. The maximum atomic E-state index is 13.6. The Hall–Kier alpha value is -3.13. The SMILES string of the molecule is O=C(Nc1c(F)c(F)nc(F)c1F)c1ccc(COc2ccccc2Cl)cc1. The van der Waals surface area contributed by atoms with Crippen molar-refractivity contribution in [2.45, 2.75) is 6.61 Å². The van der Waals surface area contributed by atoms with E-state index in [1.807, 2.05) is 0 Å². The van der Waals surface area contributed by atoms with E-state index < -0.39 is 35.1 Å². The Morgan fingerprint density at radius 1 is 0.964 bits per heavy atom. The van der Waals surface area contributed by atoms with Crippen LogP contribution in [0.25, 0.3) is 0 Å². The second-order valence-corrected chi connectivity index (χ2v) is 5.97. The summed E-state index contributed by atoms with van der Waals surface area (Å²) in [5.41, 5.74) is -0.547. The van der Waals surface area contributed by atoms with Crippen LogP contribution in [0.15, 0.2) is 48.5 Å². The van der Waals surface area contributed by atoms with Gasteiger partial charge in [-0.25, -0.2) is 0 Å². The molecule has 0 atom stereocenters. The summed E-state index contributed by atoms with van der Waals surface area (Å²) in [6.45, 7) is 0.162. The fourth-order valence-electron chi connectivity index (χ4n) is 2.26. The Kier molecular flexibility index (Phi) is 5.79. The number of halogens is 5. The number of nitrogens with zero attached hydrogens (tertiary/aromatic N) is 1. The van der Waals surface area contributed by atoms with Crippen molar-refractivity contribution in [3.05, 3.63) is 88.2 Å². The number of rotatable bonds is 5. The van der Waals surface area contributed by atoms with Gasteiger partial charge in [-0.3, -0.25) is 4.79 Å². The van der Waals surface area contributed by atoms with Crippen LogP contribution < -0.4 is 10.1 Å². The molecule has 1 amide bonds. The molecule has 0 unspecified atom stereocenters.